The lowest BCUT2D eigenvalue weighted by Crippen LogP contribution is -2.74. The van der Waals surface area contributed by atoms with Crippen molar-refractivity contribution in [2.24, 2.45) is 5.41 Å². The van der Waals surface area contributed by atoms with E-state index in [2.05, 4.69) is 20.8 Å². The Morgan fingerprint density at radius 3 is 0.930 bits per heavy atom. The summed E-state index contributed by atoms with van der Waals surface area (Å²) in [5, 5.41) is 0. The molecule has 0 aliphatic rings. The van der Waals surface area contributed by atoms with Gasteiger partial charge in [-0.05, 0) is 0 Å². The van der Waals surface area contributed by atoms with E-state index in [1.807, 2.05) is 0 Å². The molecule has 342 valence electrons. The fraction of sp³-hybridized carbons (Fsp3) is 0.857. The molecule has 0 spiro atoms. The summed E-state index contributed by atoms with van der Waals surface area (Å²) in [5.74, 6) is -15.5. The van der Waals surface area contributed by atoms with Crippen molar-refractivity contribution in [2.45, 2.75) is 93.4 Å². The lowest BCUT2D eigenvalue weighted by Gasteiger charge is -2.50. The normalized spacial score (nSPS) is 15.6. The van der Waals surface area contributed by atoms with Crippen LogP contribution in [0.4, 0.5) is 123 Å². The molecule has 0 aromatic rings. The van der Waals surface area contributed by atoms with Gasteiger partial charge in [0.15, 0.2) is 6.61 Å². The van der Waals surface area contributed by atoms with Crippen molar-refractivity contribution in [1.29, 1.82) is 0 Å². The first-order chi connectivity index (χ1) is 24.3. The topological polar surface area (TPSA) is 81.7 Å². The molecular weight excluding hydrogens is 912 g/mol. The number of alkyl halides is 28. The average molecular weight is 926 g/mol. The van der Waals surface area contributed by atoms with Gasteiger partial charge in [-0.15, -0.1) is 26.3 Å². The largest absolute Gasteiger partial charge is 0.527 e. The van der Waals surface area contributed by atoms with Crippen LogP contribution in [0, 0.1) is 5.41 Å². The van der Waals surface area contributed by atoms with Gasteiger partial charge in [0.05, 0.1) is 0 Å². The summed E-state index contributed by atoms with van der Waals surface area (Å²) < 4.78 is 379. The molecule has 36 heteroatoms. The molecule has 8 nitrogen and oxygen atoms in total. The van der Waals surface area contributed by atoms with E-state index >= 15 is 0 Å². The molecule has 0 saturated heterocycles. The van der Waals surface area contributed by atoms with E-state index in [0.29, 0.717) is 6.08 Å². The monoisotopic (exact) mass is 926 g/mol. The van der Waals surface area contributed by atoms with Crippen LogP contribution in [0.15, 0.2) is 12.7 Å². The molecule has 57 heavy (non-hydrogen) atoms. The van der Waals surface area contributed by atoms with Crippen LogP contribution in [-0.4, -0.2) is 99.2 Å². The molecule has 0 heterocycles. The maximum Gasteiger partial charge on any atom is 0.527 e. The van der Waals surface area contributed by atoms with E-state index < -0.39 is 111 Å². The zero-order chi connectivity index (χ0) is 46.9. The van der Waals surface area contributed by atoms with Crippen molar-refractivity contribution in [2.75, 3.05) is 13.7 Å². The maximum atomic E-state index is 14.3. The molecule has 0 atom stereocenters. The van der Waals surface area contributed by atoms with Crippen molar-refractivity contribution in [3.05, 3.63) is 12.7 Å². The quantitative estimate of drug-likeness (QED) is 0.0720. The van der Waals surface area contributed by atoms with Crippen LogP contribution in [0.2, 0.25) is 0 Å². The van der Waals surface area contributed by atoms with Crippen molar-refractivity contribution in [3.8, 4) is 0 Å². The molecule has 0 bridgehead atoms. The molecule has 0 aromatic heterocycles. The number of rotatable bonds is 19. The van der Waals surface area contributed by atoms with Gasteiger partial charge < -0.3 is 9.47 Å². The number of carbonyl (C=O) groups is 1. The van der Waals surface area contributed by atoms with Gasteiger partial charge in [-0.25, -0.2) is 46.0 Å². The third-order valence-electron chi connectivity index (χ3n) is 5.29. The highest BCUT2D eigenvalue weighted by molar-refractivity contribution is 5.81. The first-order valence-electron chi connectivity index (χ1n) is 12.4. The molecule has 0 aliphatic carbocycles. The number of halogens is 28. The lowest BCUT2D eigenvalue weighted by atomic mass is 9.73. The minimum absolute atomic E-state index is 0.174. The molecular formula is C21H14F28O8. The average Bonchev–Trinajstić information content (AvgIpc) is 2.85. The summed E-state index contributed by atoms with van der Waals surface area (Å²) in [4.78, 5) is 10.4. The molecule has 0 rings (SSSR count). The fourth-order valence-corrected chi connectivity index (χ4v) is 3.19. The smallest absolute Gasteiger partial charge is 0.453 e. The Morgan fingerprint density at radius 1 is 0.439 bits per heavy atom. The van der Waals surface area contributed by atoms with Gasteiger partial charge in [0.1, 0.15) is 0 Å². The zero-order valence-electron chi connectivity index (χ0n) is 26.3. The molecule has 0 amide bonds. The number of esters is 1. The number of methoxy groups -OCH3 is 1. The van der Waals surface area contributed by atoms with Crippen molar-refractivity contribution >= 4 is 5.97 Å². The van der Waals surface area contributed by atoms with E-state index in [9.17, 15) is 128 Å². The van der Waals surface area contributed by atoms with Gasteiger partial charge >= 0.3 is 73.7 Å². The third-order valence-corrected chi connectivity index (χ3v) is 5.29. The van der Waals surface area contributed by atoms with Crippen molar-refractivity contribution in [1.82, 2.24) is 0 Å². The summed E-state index contributed by atoms with van der Waals surface area (Å²) in [7, 11) is 0.174. The molecule has 0 radical (unpaired) electrons. The Labute approximate surface area is 293 Å². The Bertz CT molecular complexity index is 1270. The second kappa shape index (κ2) is 16.6. The van der Waals surface area contributed by atoms with Crippen molar-refractivity contribution in [3.63, 3.8) is 0 Å². The Kier molecular flexibility index (Phi) is 16.3. The van der Waals surface area contributed by atoms with Gasteiger partial charge in [-0.3, -0.25) is 0 Å². The molecule has 0 N–H and O–H groups in total. The predicted molar refractivity (Wildman–Crippen MR) is 114 cm³/mol. The van der Waals surface area contributed by atoms with Gasteiger partial charge in [0, 0.05) is 27.0 Å². The summed E-state index contributed by atoms with van der Waals surface area (Å²) in [6.07, 6.45) is -76.8. The van der Waals surface area contributed by atoms with Crippen LogP contribution in [-0.2, 0) is 38.0 Å². The third kappa shape index (κ3) is 13.5. The summed E-state index contributed by atoms with van der Waals surface area (Å²) in [5.41, 5.74) is -8.00. The first kappa shape index (κ1) is 56.1. The second-order valence-corrected chi connectivity index (χ2v) is 9.72. The van der Waals surface area contributed by atoms with Crippen LogP contribution in [0.3, 0.4) is 0 Å². The number of ether oxygens (including phenoxy) is 7. The molecule has 0 aromatic carbocycles. The highest BCUT2D eigenvalue weighted by Gasteiger charge is 2.92. The van der Waals surface area contributed by atoms with E-state index in [0.717, 1.165) is 0 Å². The number of carbonyl (C=O) groups excluding carboxylic acids is 1. The minimum atomic E-state index is -8.29. The van der Waals surface area contributed by atoms with E-state index in [1.165, 1.54) is 18.9 Å². The number of hydrogen-bond acceptors (Lipinski definition) is 8. The van der Waals surface area contributed by atoms with Gasteiger partial charge in [0.25, 0.3) is 17.3 Å². The van der Waals surface area contributed by atoms with E-state index in [4.69, 9.17) is 0 Å². The summed E-state index contributed by atoms with van der Waals surface area (Å²) >= 11 is 0. The van der Waals surface area contributed by atoms with Crippen LogP contribution < -0.4 is 0 Å². The van der Waals surface area contributed by atoms with Gasteiger partial charge in [-0.2, -0.15) is 79.0 Å². The summed E-state index contributed by atoms with van der Waals surface area (Å²) in [6, 6.07) is 0. The van der Waals surface area contributed by atoms with E-state index in [-0.39, 0.29) is 7.11 Å². The lowest BCUT2D eigenvalue weighted by molar-refractivity contribution is -0.589. The van der Waals surface area contributed by atoms with Gasteiger partial charge in [-0.1, -0.05) is 6.58 Å². The highest BCUT2D eigenvalue weighted by atomic mass is 19.4. The molecule has 0 aliphatic heterocycles. The van der Waals surface area contributed by atoms with Crippen LogP contribution in [0.5, 0.6) is 0 Å². The molecule has 0 saturated carbocycles. The first-order valence-corrected chi connectivity index (χ1v) is 12.4. The predicted octanol–water partition coefficient (Wildman–Crippen LogP) is 10.1. The highest BCUT2D eigenvalue weighted by Crippen LogP contribution is 2.67. The Morgan fingerprint density at radius 2 is 0.702 bits per heavy atom. The standard InChI is InChI=1S/C13H6F22O4.C8H8F6O4/c1-3(14,15)5(4(2,16)17,6(18,19)36-8(22,23)10(26,27)38-12(30,31)32)7(20,21)37-9(24,25)11(28,29)39-13(33,34)35;1-3-5(15)17-4-6(9,10)18-8(13,14)7(11,12)16-2/h1-2H3;3H,1,4H2,2H3. The van der Waals surface area contributed by atoms with Crippen LogP contribution in [0.25, 0.3) is 0 Å². The summed E-state index contributed by atoms with van der Waals surface area (Å²) in [6.45, 7) is -2.46. The zero-order valence-corrected chi connectivity index (χ0v) is 26.3. The van der Waals surface area contributed by atoms with E-state index in [1.54, 1.807) is 0 Å². The fourth-order valence-electron chi connectivity index (χ4n) is 3.19. The van der Waals surface area contributed by atoms with Crippen LogP contribution in [0.1, 0.15) is 13.8 Å². The van der Waals surface area contributed by atoms with Crippen LogP contribution >= 0.6 is 0 Å². The molecule has 0 unspecified atom stereocenters. The second-order valence-electron chi connectivity index (χ2n) is 9.72. The maximum absolute atomic E-state index is 14.3. The Hall–Kier alpha value is -2.99. The Balaban J connectivity index is 0. The molecule has 0 fully saturated rings. The van der Waals surface area contributed by atoms with Gasteiger partial charge in [0.2, 0.25) is 0 Å². The van der Waals surface area contributed by atoms with Crippen molar-refractivity contribution < 1.29 is 161 Å². The SMILES string of the molecule is C=CC(=O)OCC(F)(F)OC(F)(F)C(F)(F)OC.CC(F)(F)C(C(C)(F)F)(C(F)(F)OC(F)(F)C(F)(F)OC(F)(F)F)C(F)(F)OC(F)(F)C(F)(F)OC(F)(F)F. The number of hydrogen-bond donors (Lipinski definition) is 0. The minimum Gasteiger partial charge on any atom is -0.453 e.